The zero-order valence-corrected chi connectivity index (χ0v) is 14.5. The maximum Gasteiger partial charge on any atom is 0.264 e. The SMILES string of the molecule is CNC(C)c1ccccc1NS(=O)(=O)c1cc(Cl)sc1Cl. The number of hydrogen-bond acceptors (Lipinski definition) is 4. The molecule has 2 aromatic rings. The van der Waals surface area contributed by atoms with Gasteiger partial charge in [-0.3, -0.25) is 4.72 Å². The highest BCUT2D eigenvalue weighted by Gasteiger charge is 2.22. The van der Waals surface area contributed by atoms with Gasteiger partial charge in [-0.1, -0.05) is 41.4 Å². The lowest BCUT2D eigenvalue weighted by Gasteiger charge is -2.17. The molecule has 2 rings (SSSR count). The summed E-state index contributed by atoms with van der Waals surface area (Å²) in [7, 11) is -1.96. The molecular weight excluding hydrogens is 351 g/mol. The Morgan fingerprint density at radius 1 is 1.24 bits per heavy atom. The molecule has 1 unspecified atom stereocenters. The number of anilines is 1. The van der Waals surface area contributed by atoms with Crippen LogP contribution in [0.1, 0.15) is 18.5 Å². The first-order valence-corrected chi connectivity index (χ1v) is 9.14. The van der Waals surface area contributed by atoms with E-state index in [0.29, 0.717) is 10.0 Å². The third-order valence-electron chi connectivity index (χ3n) is 3.02. The molecule has 114 valence electrons. The molecule has 8 heteroatoms. The number of sulfonamides is 1. The fraction of sp³-hybridized carbons (Fsp3) is 0.231. The average molecular weight is 365 g/mol. The van der Waals surface area contributed by atoms with Crippen LogP contribution in [0.5, 0.6) is 0 Å². The Balaban J connectivity index is 2.40. The molecule has 1 aromatic heterocycles. The molecule has 0 radical (unpaired) electrons. The molecular formula is C13H14Cl2N2O2S2. The van der Waals surface area contributed by atoms with Crippen molar-refractivity contribution < 1.29 is 8.42 Å². The van der Waals surface area contributed by atoms with Gasteiger partial charge in [0.1, 0.15) is 9.23 Å². The van der Waals surface area contributed by atoms with E-state index in [9.17, 15) is 8.42 Å². The quantitative estimate of drug-likeness (QED) is 0.837. The smallest absolute Gasteiger partial charge is 0.264 e. The number of benzene rings is 1. The fourth-order valence-corrected chi connectivity index (χ4v) is 5.07. The van der Waals surface area contributed by atoms with Gasteiger partial charge in [-0.15, -0.1) is 11.3 Å². The third-order valence-corrected chi connectivity index (χ3v) is 6.14. The van der Waals surface area contributed by atoms with Crippen molar-refractivity contribution in [3.05, 3.63) is 44.6 Å². The van der Waals surface area contributed by atoms with Gasteiger partial charge in [0.05, 0.1) is 10.0 Å². The summed E-state index contributed by atoms with van der Waals surface area (Å²) in [6, 6.07) is 8.55. The molecule has 2 N–H and O–H groups in total. The lowest BCUT2D eigenvalue weighted by Crippen LogP contribution is -2.18. The minimum Gasteiger partial charge on any atom is -0.313 e. The Morgan fingerprint density at radius 3 is 2.48 bits per heavy atom. The monoisotopic (exact) mass is 364 g/mol. The maximum absolute atomic E-state index is 12.4. The van der Waals surface area contributed by atoms with E-state index in [2.05, 4.69) is 10.0 Å². The first-order chi connectivity index (χ1) is 9.85. The number of rotatable bonds is 5. The maximum atomic E-state index is 12.4. The van der Waals surface area contributed by atoms with Crippen molar-refractivity contribution in [3.8, 4) is 0 Å². The minimum atomic E-state index is -3.77. The lowest BCUT2D eigenvalue weighted by atomic mass is 10.1. The van der Waals surface area contributed by atoms with Crippen LogP contribution in [0.2, 0.25) is 8.67 Å². The van der Waals surface area contributed by atoms with Gasteiger partial charge in [0.25, 0.3) is 10.0 Å². The van der Waals surface area contributed by atoms with Crippen molar-refractivity contribution in [2.24, 2.45) is 0 Å². The van der Waals surface area contributed by atoms with E-state index < -0.39 is 10.0 Å². The van der Waals surface area contributed by atoms with Crippen LogP contribution in [0.15, 0.2) is 35.2 Å². The molecule has 0 aliphatic carbocycles. The van der Waals surface area contributed by atoms with Crippen molar-refractivity contribution in [1.82, 2.24) is 5.32 Å². The van der Waals surface area contributed by atoms with Crippen molar-refractivity contribution in [3.63, 3.8) is 0 Å². The molecule has 0 aliphatic heterocycles. The molecule has 1 atom stereocenters. The predicted molar refractivity (Wildman–Crippen MR) is 89.1 cm³/mol. The average Bonchev–Trinajstić information content (AvgIpc) is 2.78. The van der Waals surface area contributed by atoms with Crippen LogP contribution in [0, 0.1) is 0 Å². The van der Waals surface area contributed by atoms with Gasteiger partial charge >= 0.3 is 0 Å². The van der Waals surface area contributed by atoms with Crippen LogP contribution >= 0.6 is 34.5 Å². The number of nitrogens with one attached hydrogen (secondary N) is 2. The zero-order chi connectivity index (χ0) is 15.6. The molecule has 0 aliphatic rings. The van der Waals surface area contributed by atoms with Gasteiger partial charge in [-0.2, -0.15) is 0 Å². The zero-order valence-electron chi connectivity index (χ0n) is 11.4. The van der Waals surface area contributed by atoms with Crippen LogP contribution in [0.3, 0.4) is 0 Å². The third kappa shape index (κ3) is 3.70. The summed E-state index contributed by atoms with van der Waals surface area (Å²) in [5.74, 6) is 0. The number of para-hydroxylation sites is 1. The van der Waals surface area contributed by atoms with Crippen LogP contribution in [-0.2, 0) is 10.0 Å². The van der Waals surface area contributed by atoms with Gasteiger partial charge in [-0.25, -0.2) is 8.42 Å². The molecule has 0 amide bonds. The lowest BCUT2D eigenvalue weighted by molar-refractivity contribution is 0.601. The van der Waals surface area contributed by atoms with Gasteiger partial charge in [-0.05, 0) is 31.7 Å². The van der Waals surface area contributed by atoms with Crippen LogP contribution < -0.4 is 10.0 Å². The predicted octanol–water partition coefficient (Wildman–Crippen LogP) is 4.14. The van der Waals surface area contributed by atoms with Crippen molar-refractivity contribution in [2.75, 3.05) is 11.8 Å². The van der Waals surface area contributed by atoms with E-state index in [0.717, 1.165) is 16.9 Å². The van der Waals surface area contributed by atoms with E-state index in [1.165, 1.54) is 6.07 Å². The van der Waals surface area contributed by atoms with Crippen molar-refractivity contribution in [1.29, 1.82) is 0 Å². The minimum absolute atomic E-state index is 0.00503. The van der Waals surface area contributed by atoms with Crippen molar-refractivity contribution in [2.45, 2.75) is 17.9 Å². The van der Waals surface area contributed by atoms with Crippen LogP contribution in [-0.4, -0.2) is 15.5 Å². The van der Waals surface area contributed by atoms with E-state index in [1.54, 1.807) is 12.1 Å². The van der Waals surface area contributed by atoms with E-state index in [4.69, 9.17) is 23.2 Å². The van der Waals surface area contributed by atoms with Gasteiger partial charge in [0, 0.05) is 6.04 Å². The summed E-state index contributed by atoms with van der Waals surface area (Å²) in [4.78, 5) is -0.00826. The Morgan fingerprint density at radius 2 is 1.90 bits per heavy atom. The normalized spacial score (nSPS) is 13.1. The second-order valence-electron chi connectivity index (χ2n) is 4.39. The van der Waals surface area contributed by atoms with Crippen LogP contribution in [0.25, 0.3) is 0 Å². The molecule has 0 fully saturated rings. The van der Waals surface area contributed by atoms with E-state index >= 15 is 0 Å². The highest BCUT2D eigenvalue weighted by Crippen LogP contribution is 2.35. The topological polar surface area (TPSA) is 58.2 Å². The summed E-state index contributed by atoms with van der Waals surface area (Å²) in [6.07, 6.45) is 0. The molecule has 0 bridgehead atoms. The Labute approximate surface area is 138 Å². The first kappa shape index (κ1) is 16.6. The number of halogens is 2. The first-order valence-electron chi connectivity index (χ1n) is 6.09. The second-order valence-corrected chi connectivity index (χ2v) is 8.33. The largest absolute Gasteiger partial charge is 0.313 e. The Hall–Kier alpha value is -0.790. The molecule has 1 aromatic carbocycles. The molecule has 4 nitrogen and oxygen atoms in total. The highest BCUT2D eigenvalue weighted by molar-refractivity contribution is 7.93. The molecule has 21 heavy (non-hydrogen) atoms. The van der Waals surface area contributed by atoms with Gasteiger partial charge < -0.3 is 5.32 Å². The van der Waals surface area contributed by atoms with E-state index in [-0.39, 0.29) is 15.3 Å². The summed E-state index contributed by atoms with van der Waals surface area (Å²) < 4.78 is 27.9. The molecule has 0 saturated heterocycles. The number of hydrogen-bond donors (Lipinski definition) is 2. The number of thiophene rings is 1. The summed E-state index contributed by atoms with van der Waals surface area (Å²) in [5.41, 5.74) is 1.36. The van der Waals surface area contributed by atoms with Gasteiger partial charge in [0.15, 0.2) is 0 Å². The fourth-order valence-electron chi connectivity index (χ4n) is 1.83. The summed E-state index contributed by atoms with van der Waals surface area (Å²) in [5, 5.41) is 3.08. The van der Waals surface area contributed by atoms with Gasteiger partial charge in [0.2, 0.25) is 0 Å². The Bertz CT molecular complexity index is 744. The van der Waals surface area contributed by atoms with Crippen molar-refractivity contribution >= 4 is 50.2 Å². The standard InChI is InChI=1S/C13H14Cl2N2O2S2/c1-8(16-2)9-5-3-4-6-10(9)17-21(18,19)11-7-12(14)20-13(11)15/h3-8,16-17H,1-2H3. The Kier molecular flexibility index (Phi) is 5.16. The summed E-state index contributed by atoms with van der Waals surface area (Å²) in [6.45, 7) is 1.95. The van der Waals surface area contributed by atoms with E-state index in [1.807, 2.05) is 26.1 Å². The second kappa shape index (κ2) is 6.54. The molecule has 1 heterocycles. The highest BCUT2D eigenvalue weighted by atomic mass is 35.5. The van der Waals surface area contributed by atoms with Crippen LogP contribution in [0.4, 0.5) is 5.69 Å². The summed E-state index contributed by atoms with van der Waals surface area (Å²) >= 11 is 12.8. The molecule has 0 saturated carbocycles. The molecule has 0 spiro atoms.